The van der Waals surface area contributed by atoms with E-state index in [2.05, 4.69) is 0 Å². The highest BCUT2D eigenvalue weighted by atomic mass is 19.4. The van der Waals surface area contributed by atoms with Gasteiger partial charge in [-0.05, 0) is 41.8 Å². The number of primary amides is 1. The molecule has 4 rings (SSSR count). The maximum Gasteiger partial charge on any atom is 0.419 e. The molecule has 9 heteroatoms. The van der Waals surface area contributed by atoms with E-state index in [-0.39, 0.29) is 30.2 Å². The maximum atomic E-state index is 15.1. The molecule has 0 saturated heterocycles. The second-order valence-corrected chi connectivity index (χ2v) is 9.82. The van der Waals surface area contributed by atoms with Crippen LogP contribution in [0, 0.1) is 5.82 Å². The summed E-state index contributed by atoms with van der Waals surface area (Å²) in [6, 6.07) is 27.6. The zero-order valence-electron chi connectivity index (χ0n) is 23.1. The van der Waals surface area contributed by atoms with Crippen LogP contribution in [0.5, 0.6) is 11.5 Å². The molecule has 2 N–H and O–H groups in total. The lowest BCUT2D eigenvalue weighted by Crippen LogP contribution is -2.31. The molecule has 0 fully saturated rings. The van der Waals surface area contributed by atoms with Crippen LogP contribution in [-0.2, 0) is 12.7 Å². The third kappa shape index (κ3) is 7.88. The van der Waals surface area contributed by atoms with E-state index in [0.29, 0.717) is 31.0 Å². The van der Waals surface area contributed by atoms with Gasteiger partial charge >= 0.3 is 6.18 Å². The number of rotatable bonds is 13. The van der Waals surface area contributed by atoms with Crippen LogP contribution in [0.3, 0.4) is 0 Å². The molecule has 0 spiro atoms. The van der Waals surface area contributed by atoms with E-state index in [4.69, 9.17) is 15.2 Å². The van der Waals surface area contributed by atoms with Crippen molar-refractivity contribution >= 4 is 5.91 Å². The van der Waals surface area contributed by atoms with Gasteiger partial charge in [-0.3, -0.25) is 9.69 Å². The standard InChI is InChI=1S/C33H32F4N2O3/c1-41-30-20-25(32(38)40)16-17-29(30)42-19-9-18-39(21-26-14-8-15-28(31(26)34)33(35,36)37)22-27(23-10-4-2-5-11-23)24-12-6-3-7-13-24/h2-8,10-17,20,27H,9,18-19,21-22H2,1H3,(H2,38,40). The lowest BCUT2D eigenvalue weighted by molar-refractivity contribution is -0.140. The number of alkyl halides is 3. The molecule has 4 aromatic rings. The summed E-state index contributed by atoms with van der Waals surface area (Å²) in [5.41, 5.74) is 6.38. The number of halogens is 4. The van der Waals surface area contributed by atoms with Gasteiger partial charge < -0.3 is 15.2 Å². The fourth-order valence-electron chi connectivity index (χ4n) is 4.84. The summed E-state index contributed by atoms with van der Waals surface area (Å²) in [6.45, 7) is 1.06. The van der Waals surface area contributed by atoms with E-state index in [9.17, 15) is 18.0 Å². The molecule has 0 radical (unpaired) electrons. The highest BCUT2D eigenvalue weighted by Gasteiger charge is 2.35. The van der Waals surface area contributed by atoms with E-state index >= 15 is 4.39 Å². The van der Waals surface area contributed by atoms with Crippen molar-refractivity contribution in [3.63, 3.8) is 0 Å². The van der Waals surface area contributed by atoms with Gasteiger partial charge in [0.2, 0.25) is 5.91 Å². The predicted octanol–water partition coefficient (Wildman–Crippen LogP) is 7.06. The fourth-order valence-corrected chi connectivity index (χ4v) is 4.84. The molecule has 4 aromatic carbocycles. The zero-order chi connectivity index (χ0) is 30.1. The number of carbonyl (C=O) groups excluding carboxylic acids is 1. The lowest BCUT2D eigenvalue weighted by atomic mass is 9.90. The Labute approximate surface area is 242 Å². The maximum absolute atomic E-state index is 15.1. The number of nitrogens with zero attached hydrogens (tertiary/aromatic N) is 1. The van der Waals surface area contributed by atoms with Crippen LogP contribution in [0.25, 0.3) is 0 Å². The molecule has 0 aliphatic heterocycles. The van der Waals surface area contributed by atoms with E-state index in [1.165, 1.54) is 31.4 Å². The summed E-state index contributed by atoms with van der Waals surface area (Å²) in [5.74, 6) is -1.19. The summed E-state index contributed by atoms with van der Waals surface area (Å²) in [5, 5.41) is 0. The van der Waals surface area contributed by atoms with Crippen molar-refractivity contribution < 1.29 is 31.8 Å². The molecule has 0 aliphatic carbocycles. The van der Waals surface area contributed by atoms with Gasteiger partial charge in [0.1, 0.15) is 5.82 Å². The molecule has 0 bridgehead atoms. The Morgan fingerprint density at radius 1 is 0.881 bits per heavy atom. The van der Waals surface area contributed by atoms with Gasteiger partial charge in [0, 0.05) is 36.7 Å². The number of hydrogen-bond donors (Lipinski definition) is 1. The van der Waals surface area contributed by atoms with Crippen molar-refractivity contribution in [2.24, 2.45) is 5.73 Å². The predicted molar refractivity (Wildman–Crippen MR) is 153 cm³/mol. The molecule has 5 nitrogen and oxygen atoms in total. The number of methoxy groups -OCH3 is 1. The summed E-state index contributed by atoms with van der Waals surface area (Å²) < 4.78 is 66.7. The molecule has 1 amide bonds. The van der Waals surface area contributed by atoms with Crippen molar-refractivity contribution in [1.82, 2.24) is 4.90 Å². The summed E-state index contributed by atoms with van der Waals surface area (Å²) in [6.07, 6.45) is -4.31. The quantitative estimate of drug-likeness (QED) is 0.136. The van der Waals surface area contributed by atoms with Gasteiger partial charge in [0.25, 0.3) is 0 Å². The van der Waals surface area contributed by atoms with Gasteiger partial charge in [-0.2, -0.15) is 13.2 Å². The molecular weight excluding hydrogens is 548 g/mol. The Balaban J connectivity index is 1.57. The van der Waals surface area contributed by atoms with Crippen LogP contribution in [0.1, 0.15) is 45.0 Å². The Morgan fingerprint density at radius 3 is 2.10 bits per heavy atom. The second-order valence-electron chi connectivity index (χ2n) is 9.82. The fraction of sp³-hybridized carbons (Fsp3) is 0.242. The van der Waals surface area contributed by atoms with Crippen LogP contribution in [-0.4, -0.2) is 37.6 Å². The van der Waals surface area contributed by atoms with Gasteiger partial charge in [-0.15, -0.1) is 0 Å². The first-order chi connectivity index (χ1) is 20.2. The third-order valence-electron chi connectivity index (χ3n) is 6.95. The average Bonchev–Trinajstić information content (AvgIpc) is 2.99. The Kier molecular flexibility index (Phi) is 10.2. The third-order valence-corrected chi connectivity index (χ3v) is 6.95. The minimum atomic E-state index is -4.79. The van der Waals surface area contributed by atoms with Crippen LogP contribution in [0.2, 0.25) is 0 Å². The highest BCUT2D eigenvalue weighted by Crippen LogP contribution is 2.33. The summed E-state index contributed by atoms with van der Waals surface area (Å²) in [7, 11) is 1.45. The SMILES string of the molecule is COc1cc(C(N)=O)ccc1OCCCN(Cc1cccc(C(F)(F)F)c1F)CC(c1ccccc1)c1ccccc1. The Bertz CT molecular complexity index is 1420. The first-order valence-electron chi connectivity index (χ1n) is 13.4. The molecule has 0 aliphatic rings. The normalized spacial score (nSPS) is 11.6. The van der Waals surface area contributed by atoms with Crippen LogP contribution < -0.4 is 15.2 Å². The van der Waals surface area contributed by atoms with Gasteiger partial charge in [-0.25, -0.2) is 4.39 Å². The molecule has 0 unspecified atom stereocenters. The van der Waals surface area contributed by atoms with E-state index in [0.717, 1.165) is 17.2 Å². The largest absolute Gasteiger partial charge is 0.493 e. The molecule has 0 atom stereocenters. The van der Waals surface area contributed by atoms with Crippen molar-refractivity contribution in [3.05, 3.63) is 131 Å². The smallest absolute Gasteiger partial charge is 0.419 e. The van der Waals surface area contributed by atoms with Crippen LogP contribution in [0.15, 0.2) is 97.1 Å². The molecule has 0 heterocycles. The molecular formula is C33H32F4N2O3. The van der Waals surface area contributed by atoms with E-state index in [1.54, 1.807) is 6.07 Å². The average molecular weight is 581 g/mol. The molecule has 0 aromatic heterocycles. The van der Waals surface area contributed by atoms with Crippen molar-refractivity contribution in [3.8, 4) is 11.5 Å². The number of amides is 1. The first-order valence-corrected chi connectivity index (χ1v) is 13.4. The minimum absolute atomic E-state index is 0.0252. The topological polar surface area (TPSA) is 64.8 Å². The van der Waals surface area contributed by atoms with E-state index in [1.807, 2.05) is 65.6 Å². The van der Waals surface area contributed by atoms with Gasteiger partial charge in [0.05, 0.1) is 19.3 Å². The van der Waals surface area contributed by atoms with Crippen LogP contribution >= 0.6 is 0 Å². The molecule has 42 heavy (non-hydrogen) atoms. The van der Waals surface area contributed by atoms with E-state index < -0.39 is 23.5 Å². The van der Waals surface area contributed by atoms with Gasteiger partial charge in [-0.1, -0.05) is 72.8 Å². The molecule has 0 saturated carbocycles. The number of carbonyl (C=O) groups is 1. The Hall–Kier alpha value is -4.37. The first kappa shape index (κ1) is 30.6. The summed E-state index contributed by atoms with van der Waals surface area (Å²) in [4.78, 5) is 13.4. The lowest BCUT2D eigenvalue weighted by Gasteiger charge is -2.29. The number of nitrogens with two attached hydrogens (primary N) is 1. The van der Waals surface area contributed by atoms with Crippen molar-refractivity contribution in [2.75, 3.05) is 26.8 Å². The van der Waals surface area contributed by atoms with Crippen LogP contribution in [0.4, 0.5) is 17.6 Å². The highest BCUT2D eigenvalue weighted by molar-refractivity contribution is 5.93. The number of benzene rings is 4. The van der Waals surface area contributed by atoms with Crippen molar-refractivity contribution in [1.29, 1.82) is 0 Å². The summed E-state index contributed by atoms with van der Waals surface area (Å²) >= 11 is 0. The molecule has 220 valence electrons. The monoisotopic (exact) mass is 580 g/mol. The van der Waals surface area contributed by atoms with Crippen molar-refractivity contribution in [2.45, 2.75) is 25.1 Å². The number of hydrogen-bond acceptors (Lipinski definition) is 4. The number of ether oxygens (including phenoxy) is 2. The second kappa shape index (κ2) is 14.0. The zero-order valence-corrected chi connectivity index (χ0v) is 23.1. The van der Waals surface area contributed by atoms with Gasteiger partial charge in [0.15, 0.2) is 11.5 Å². The minimum Gasteiger partial charge on any atom is -0.493 e. The Morgan fingerprint density at radius 2 is 1.52 bits per heavy atom.